The zero-order chi connectivity index (χ0) is 16.4. The molecule has 0 aromatic carbocycles. The molecular weight excluding hydrogens is 297 g/mol. The summed E-state index contributed by atoms with van der Waals surface area (Å²) in [4.78, 5) is 3.35. The van der Waals surface area contributed by atoms with E-state index in [0.717, 1.165) is 6.07 Å². The Morgan fingerprint density at radius 2 is 1.95 bits per heavy atom. The van der Waals surface area contributed by atoms with Crippen molar-refractivity contribution in [3.05, 3.63) is 29.1 Å². The van der Waals surface area contributed by atoms with Crippen molar-refractivity contribution in [2.45, 2.75) is 38.0 Å². The van der Waals surface area contributed by atoms with Crippen molar-refractivity contribution in [3.8, 4) is 6.07 Å². The van der Waals surface area contributed by atoms with E-state index in [4.69, 9.17) is 14.7 Å². The van der Waals surface area contributed by atoms with Gasteiger partial charge in [-0.25, -0.2) is 4.98 Å². The predicted octanol–water partition coefficient (Wildman–Crippen LogP) is 3.06. The van der Waals surface area contributed by atoms with Crippen molar-refractivity contribution >= 4 is 0 Å². The highest BCUT2D eigenvalue weighted by Gasteiger charge is 2.38. The van der Waals surface area contributed by atoms with E-state index in [1.807, 2.05) is 0 Å². The van der Waals surface area contributed by atoms with Gasteiger partial charge in [-0.1, -0.05) is 13.8 Å². The van der Waals surface area contributed by atoms with Gasteiger partial charge in [-0.3, -0.25) is 0 Å². The zero-order valence-corrected chi connectivity index (χ0v) is 12.4. The summed E-state index contributed by atoms with van der Waals surface area (Å²) < 4.78 is 49.9. The van der Waals surface area contributed by atoms with Crippen LogP contribution in [0.25, 0.3) is 0 Å². The molecule has 0 saturated carbocycles. The third-order valence-corrected chi connectivity index (χ3v) is 3.85. The fraction of sp³-hybridized carbons (Fsp3) is 0.600. The lowest BCUT2D eigenvalue weighted by molar-refractivity contribution is -0.141. The van der Waals surface area contributed by atoms with Gasteiger partial charge in [0, 0.05) is 12.0 Å². The third kappa shape index (κ3) is 3.57. The van der Waals surface area contributed by atoms with Crippen molar-refractivity contribution in [2.75, 3.05) is 19.8 Å². The molecule has 1 atom stereocenters. The van der Waals surface area contributed by atoms with Crippen LogP contribution in [0, 0.1) is 11.3 Å². The number of hydrogen-bond donors (Lipinski definition) is 0. The second kappa shape index (κ2) is 6.23. The second-order valence-corrected chi connectivity index (χ2v) is 5.72. The van der Waals surface area contributed by atoms with Gasteiger partial charge in [0.1, 0.15) is 17.5 Å². The van der Waals surface area contributed by atoms with Gasteiger partial charge >= 0.3 is 6.18 Å². The Kier molecular flexibility index (Phi) is 4.73. The molecule has 22 heavy (non-hydrogen) atoms. The number of nitrogens with zero attached hydrogens (tertiary/aromatic N) is 2. The molecule has 1 aliphatic rings. The molecule has 0 bridgehead atoms. The predicted molar refractivity (Wildman–Crippen MR) is 72.2 cm³/mol. The lowest BCUT2D eigenvalue weighted by atomic mass is 9.78. The van der Waals surface area contributed by atoms with Crippen LogP contribution in [-0.2, 0) is 21.1 Å². The van der Waals surface area contributed by atoms with Crippen LogP contribution >= 0.6 is 0 Å². The summed E-state index contributed by atoms with van der Waals surface area (Å²) in [7, 11) is 0. The van der Waals surface area contributed by atoms with Crippen LogP contribution < -0.4 is 0 Å². The Morgan fingerprint density at radius 1 is 1.23 bits per heavy atom. The van der Waals surface area contributed by atoms with E-state index in [1.54, 1.807) is 19.9 Å². The zero-order valence-electron chi connectivity index (χ0n) is 12.4. The number of hydrogen-bond acceptors (Lipinski definition) is 4. The van der Waals surface area contributed by atoms with Gasteiger partial charge in [-0.15, -0.1) is 0 Å². The first-order valence-electron chi connectivity index (χ1n) is 6.94. The summed E-state index contributed by atoms with van der Waals surface area (Å²) in [5.74, 6) is 0. The van der Waals surface area contributed by atoms with Crippen LogP contribution in [0.2, 0.25) is 0 Å². The highest BCUT2D eigenvalue weighted by atomic mass is 19.4. The molecule has 0 spiro atoms. The monoisotopic (exact) mass is 314 g/mol. The molecule has 2 heterocycles. The standard InChI is InChI=1S/C15H17F3N2O2/c1-14(2,13-3-4-21-5-6-22-13)10-7-11(9-19)20-12(8-10)15(16,17)18/h7-8,13H,3-6H2,1-2H3. The molecule has 7 heteroatoms. The first-order chi connectivity index (χ1) is 10.2. The second-order valence-electron chi connectivity index (χ2n) is 5.72. The quantitative estimate of drug-likeness (QED) is 0.842. The van der Waals surface area contributed by atoms with Gasteiger partial charge < -0.3 is 9.47 Å². The normalized spacial score (nSPS) is 20.3. The van der Waals surface area contributed by atoms with E-state index in [2.05, 4.69) is 4.98 Å². The van der Waals surface area contributed by atoms with Crippen LogP contribution in [0.1, 0.15) is 37.2 Å². The molecule has 1 saturated heterocycles. The number of halogens is 3. The lowest BCUT2D eigenvalue weighted by Gasteiger charge is -2.34. The molecule has 0 radical (unpaired) electrons. The molecular formula is C15H17F3N2O2. The van der Waals surface area contributed by atoms with Crippen LogP contribution in [0.15, 0.2) is 12.1 Å². The Morgan fingerprint density at radius 3 is 2.59 bits per heavy atom. The smallest absolute Gasteiger partial charge is 0.379 e. The van der Waals surface area contributed by atoms with Crippen LogP contribution in [0.4, 0.5) is 13.2 Å². The van der Waals surface area contributed by atoms with E-state index in [1.165, 1.54) is 6.07 Å². The Balaban J connectivity index is 2.43. The molecule has 4 nitrogen and oxygen atoms in total. The minimum Gasteiger partial charge on any atom is -0.379 e. The van der Waals surface area contributed by atoms with E-state index < -0.39 is 17.3 Å². The lowest BCUT2D eigenvalue weighted by Crippen LogP contribution is -2.36. The van der Waals surface area contributed by atoms with Crippen molar-refractivity contribution in [2.24, 2.45) is 0 Å². The van der Waals surface area contributed by atoms with Gasteiger partial charge in [0.25, 0.3) is 0 Å². The summed E-state index contributed by atoms with van der Waals surface area (Å²) in [5.41, 5.74) is -1.61. The molecule has 1 aliphatic heterocycles. The number of alkyl halides is 3. The average molecular weight is 314 g/mol. The third-order valence-electron chi connectivity index (χ3n) is 3.85. The summed E-state index contributed by atoms with van der Waals surface area (Å²) in [6.07, 6.45) is -4.30. The fourth-order valence-corrected chi connectivity index (χ4v) is 2.49. The van der Waals surface area contributed by atoms with Crippen LogP contribution in [0.5, 0.6) is 0 Å². The first kappa shape index (κ1) is 16.7. The number of rotatable bonds is 2. The van der Waals surface area contributed by atoms with E-state index in [0.29, 0.717) is 31.8 Å². The molecule has 1 unspecified atom stereocenters. The van der Waals surface area contributed by atoms with Crippen molar-refractivity contribution in [1.82, 2.24) is 4.98 Å². The molecule has 1 fully saturated rings. The number of ether oxygens (including phenoxy) is 2. The fourth-order valence-electron chi connectivity index (χ4n) is 2.49. The average Bonchev–Trinajstić information content (AvgIpc) is 2.75. The maximum Gasteiger partial charge on any atom is 0.433 e. The summed E-state index contributed by atoms with van der Waals surface area (Å²) >= 11 is 0. The largest absolute Gasteiger partial charge is 0.433 e. The highest BCUT2D eigenvalue weighted by Crippen LogP contribution is 2.36. The molecule has 0 aliphatic carbocycles. The molecule has 0 N–H and O–H groups in total. The minimum absolute atomic E-state index is 0.247. The van der Waals surface area contributed by atoms with Gasteiger partial charge in [-0.2, -0.15) is 18.4 Å². The SMILES string of the molecule is CC(C)(c1cc(C#N)nc(C(F)(F)F)c1)C1CCOCCO1. The Labute approximate surface area is 126 Å². The Hall–Kier alpha value is -1.65. The van der Waals surface area contributed by atoms with Gasteiger partial charge in [0.2, 0.25) is 0 Å². The van der Waals surface area contributed by atoms with Gasteiger partial charge in [0.15, 0.2) is 0 Å². The highest BCUT2D eigenvalue weighted by molar-refractivity contribution is 5.35. The number of pyridine rings is 1. The van der Waals surface area contributed by atoms with Gasteiger partial charge in [0.05, 0.1) is 19.3 Å². The minimum atomic E-state index is -4.59. The molecule has 120 valence electrons. The molecule has 0 amide bonds. The maximum absolute atomic E-state index is 13.0. The van der Waals surface area contributed by atoms with E-state index in [-0.39, 0.29) is 11.8 Å². The van der Waals surface area contributed by atoms with Gasteiger partial charge in [-0.05, 0) is 24.1 Å². The molecule has 1 aromatic rings. The molecule has 2 rings (SSSR count). The summed E-state index contributed by atoms with van der Waals surface area (Å²) in [5, 5.41) is 8.94. The maximum atomic E-state index is 13.0. The Bertz CT molecular complexity index is 571. The summed E-state index contributed by atoms with van der Waals surface area (Å²) in [6, 6.07) is 4.08. The molecule has 1 aromatic heterocycles. The van der Waals surface area contributed by atoms with Crippen molar-refractivity contribution in [3.63, 3.8) is 0 Å². The number of aromatic nitrogens is 1. The first-order valence-corrected chi connectivity index (χ1v) is 6.94. The number of nitriles is 1. The van der Waals surface area contributed by atoms with E-state index >= 15 is 0 Å². The topological polar surface area (TPSA) is 55.1 Å². The summed E-state index contributed by atoms with van der Waals surface area (Å²) in [6.45, 7) is 4.98. The van der Waals surface area contributed by atoms with Crippen molar-refractivity contribution < 1.29 is 22.6 Å². The van der Waals surface area contributed by atoms with Crippen molar-refractivity contribution in [1.29, 1.82) is 5.26 Å². The van der Waals surface area contributed by atoms with E-state index in [9.17, 15) is 13.2 Å². The van der Waals surface area contributed by atoms with Crippen LogP contribution in [0.3, 0.4) is 0 Å². The van der Waals surface area contributed by atoms with Crippen LogP contribution in [-0.4, -0.2) is 30.9 Å².